The number of benzene rings is 1. The zero-order valence-corrected chi connectivity index (χ0v) is 12.3. The average Bonchev–Trinajstić information content (AvgIpc) is 2.36. The van der Waals surface area contributed by atoms with Crippen molar-refractivity contribution in [3.8, 4) is 0 Å². The normalized spacial score (nSPS) is 24.8. The summed E-state index contributed by atoms with van der Waals surface area (Å²) >= 11 is 6.04. The molecule has 3 nitrogen and oxygen atoms in total. The Morgan fingerprint density at radius 3 is 2.68 bits per heavy atom. The van der Waals surface area contributed by atoms with Crippen LogP contribution < -0.4 is 5.32 Å². The predicted octanol–water partition coefficient (Wildman–Crippen LogP) is 3.70. The Kier molecular flexibility index (Phi) is 3.63. The monoisotopic (exact) mass is 281 g/mol. The fourth-order valence-electron chi connectivity index (χ4n) is 2.65. The van der Waals surface area contributed by atoms with Crippen molar-refractivity contribution in [3.05, 3.63) is 28.8 Å². The van der Waals surface area contributed by atoms with Crippen molar-refractivity contribution in [2.24, 2.45) is 5.41 Å². The van der Waals surface area contributed by atoms with E-state index in [1.807, 2.05) is 0 Å². The zero-order valence-electron chi connectivity index (χ0n) is 11.6. The number of unbranched alkanes of at least 4 members (excludes halogenated alkanes) is 1. The van der Waals surface area contributed by atoms with Gasteiger partial charge in [-0.25, -0.2) is 0 Å². The van der Waals surface area contributed by atoms with Crippen molar-refractivity contribution in [1.82, 2.24) is 0 Å². The molecule has 0 saturated carbocycles. The van der Waals surface area contributed by atoms with Gasteiger partial charge in [-0.1, -0.05) is 31.4 Å². The quantitative estimate of drug-likeness (QED) is 0.888. The summed E-state index contributed by atoms with van der Waals surface area (Å²) in [6, 6.07) is 5.23. The molecule has 104 valence electrons. The predicted molar refractivity (Wildman–Crippen MR) is 77.3 cm³/mol. The Labute approximate surface area is 119 Å². The maximum absolute atomic E-state index is 12.2. The van der Waals surface area contributed by atoms with Crippen molar-refractivity contribution in [2.45, 2.75) is 45.6 Å². The number of amides is 1. The number of aliphatic hydroxyl groups is 1. The highest BCUT2D eigenvalue weighted by molar-refractivity contribution is 6.30. The van der Waals surface area contributed by atoms with Crippen LogP contribution in [0.25, 0.3) is 0 Å². The number of halogens is 1. The molecule has 1 heterocycles. The van der Waals surface area contributed by atoms with E-state index in [1.165, 1.54) is 0 Å². The van der Waals surface area contributed by atoms with Crippen LogP contribution in [0.1, 0.15) is 45.6 Å². The van der Waals surface area contributed by atoms with Gasteiger partial charge < -0.3 is 10.4 Å². The molecule has 1 amide bonds. The first-order valence-electron chi connectivity index (χ1n) is 6.67. The number of carbonyl (C=O) groups is 1. The standard InChI is InChI=1S/C15H20ClNO2/c1-4-5-8-15(19)11-9-10(16)6-7-12(11)17-13(18)14(15,2)3/h6-7,9,19H,4-5,8H2,1-3H3,(H,17,18). The molecule has 0 radical (unpaired) electrons. The summed E-state index contributed by atoms with van der Waals surface area (Å²) in [6.45, 7) is 5.63. The van der Waals surface area contributed by atoms with Crippen molar-refractivity contribution in [3.63, 3.8) is 0 Å². The molecule has 0 aliphatic carbocycles. The van der Waals surface area contributed by atoms with Crippen molar-refractivity contribution < 1.29 is 9.90 Å². The Morgan fingerprint density at radius 2 is 2.05 bits per heavy atom. The highest BCUT2D eigenvalue weighted by atomic mass is 35.5. The van der Waals surface area contributed by atoms with Gasteiger partial charge in [0.05, 0.1) is 5.41 Å². The molecule has 2 N–H and O–H groups in total. The van der Waals surface area contributed by atoms with Crippen LogP contribution in [-0.4, -0.2) is 11.0 Å². The summed E-state index contributed by atoms with van der Waals surface area (Å²) in [6.07, 6.45) is 2.38. The van der Waals surface area contributed by atoms with Crippen LogP contribution in [0, 0.1) is 5.41 Å². The molecule has 0 aromatic heterocycles. The zero-order chi connectivity index (χ0) is 14.3. The van der Waals surface area contributed by atoms with E-state index >= 15 is 0 Å². The molecular formula is C15H20ClNO2. The van der Waals surface area contributed by atoms with Gasteiger partial charge in [0.1, 0.15) is 5.60 Å². The topological polar surface area (TPSA) is 49.3 Å². The SMILES string of the molecule is CCCCC1(O)c2cc(Cl)ccc2NC(=O)C1(C)C. The van der Waals surface area contributed by atoms with Crippen molar-refractivity contribution in [2.75, 3.05) is 5.32 Å². The Morgan fingerprint density at radius 1 is 1.37 bits per heavy atom. The number of nitrogens with one attached hydrogen (secondary N) is 1. The molecule has 0 saturated heterocycles. The van der Waals surface area contributed by atoms with Crippen LogP contribution in [0.15, 0.2) is 18.2 Å². The van der Waals surface area contributed by atoms with E-state index in [0.29, 0.717) is 17.1 Å². The number of carbonyl (C=O) groups excluding carboxylic acids is 1. The fourth-order valence-corrected chi connectivity index (χ4v) is 2.82. The van der Waals surface area contributed by atoms with E-state index in [9.17, 15) is 9.90 Å². The molecule has 1 atom stereocenters. The molecule has 0 fully saturated rings. The summed E-state index contributed by atoms with van der Waals surface area (Å²) in [5, 5.41) is 14.6. The van der Waals surface area contributed by atoms with Gasteiger partial charge in [0.25, 0.3) is 0 Å². The maximum Gasteiger partial charge on any atom is 0.233 e. The largest absolute Gasteiger partial charge is 0.384 e. The van der Waals surface area contributed by atoms with Gasteiger partial charge in [-0.3, -0.25) is 4.79 Å². The van der Waals surface area contributed by atoms with Gasteiger partial charge in [0.2, 0.25) is 5.91 Å². The van der Waals surface area contributed by atoms with Crippen molar-refractivity contribution >= 4 is 23.2 Å². The minimum Gasteiger partial charge on any atom is -0.384 e. The summed E-state index contributed by atoms with van der Waals surface area (Å²) in [7, 11) is 0. The van der Waals surface area contributed by atoms with E-state index in [0.717, 1.165) is 18.4 Å². The number of fused-ring (bicyclic) bond motifs is 1. The van der Waals surface area contributed by atoms with Gasteiger partial charge in [0.15, 0.2) is 0 Å². The van der Waals surface area contributed by atoms with Gasteiger partial charge in [-0.15, -0.1) is 0 Å². The minimum atomic E-state index is -1.18. The number of rotatable bonds is 3. The van der Waals surface area contributed by atoms with E-state index < -0.39 is 11.0 Å². The first-order chi connectivity index (χ1) is 8.83. The molecule has 1 aromatic rings. The highest BCUT2D eigenvalue weighted by Crippen LogP contribution is 2.50. The summed E-state index contributed by atoms with van der Waals surface area (Å²) in [4.78, 5) is 12.2. The van der Waals surface area contributed by atoms with Crippen LogP contribution in [0.4, 0.5) is 5.69 Å². The van der Waals surface area contributed by atoms with Crippen molar-refractivity contribution in [1.29, 1.82) is 0 Å². The Hall–Kier alpha value is -1.06. The summed E-state index contributed by atoms with van der Waals surface area (Å²) in [5.74, 6) is -0.152. The highest BCUT2D eigenvalue weighted by Gasteiger charge is 2.53. The molecule has 4 heteroatoms. The summed E-state index contributed by atoms with van der Waals surface area (Å²) in [5.41, 5.74) is -0.670. The molecule has 1 aromatic carbocycles. The van der Waals surface area contributed by atoms with Crippen LogP contribution in [0.5, 0.6) is 0 Å². The van der Waals surface area contributed by atoms with E-state index in [4.69, 9.17) is 11.6 Å². The Balaban J connectivity index is 2.59. The molecular weight excluding hydrogens is 262 g/mol. The van der Waals surface area contributed by atoms with Crippen LogP contribution in [0.2, 0.25) is 5.02 Å². The molecule has 0 bridgehead atoms. The Bertz CT molecular complexity index is 513. The number of anilines is 1. The fraction of sp³-hybridized carbons (Fsp3) is 0.533. The second-order valence-corrected chi connectivity index (χ2v) is 6.17. The van der Waals surface area contributed by atoms with Gasteiger partial charge in [-0.2, -0.15) is 0 Å². The van der Waals surface area contributed by atoms with E-state index in [2.05, 4.69) is 12.2 Å². The van der Waals surface area contributed by atoms with E-state index in [1.54, 1.807) is 32.0 Å². The smallest absolute Gasteiger partial charge is 0.233 e. The lowest BCUT2D eigenvalue weighted by Gasteiger charge is -2.46. The van der Waals surface area contributed by atoms with Crippen LogP contribution >= 0.6 is 11.6 Å². The third kappa shape index (κ3) is 2.15. The third-order valence-electron chi connectivity index (χ3n) is 4.17. The first kappa shape index (κ1) is 14.4. The third-order valence-corrected chi connectivity index (χ3v) is 4.40. The lowest BCUT2D eigenvalue weighted by Crippen LogP contribution is -2.53. The van der Waals surface area contributed by atoms with Crippen LogP contribution in [0.3, 0.4) is 0 Å². The molecule has 1 aliphatic heterocycles. The molecule has 0 spiro atoms. The molecule has 1 unspecified atom stereocenters. The summed E-state index contributed by atoms with van der Waals surface area (Å²) < 4.78 is 0. The van der Waals surface area contributed by atoms with Gasteiger partial charge in [0, 0.05) is 16.3 Å². The molecule has 1 aliphatic rings. The minimum absolute atomic E-state index is 0.152. The number of hydrogen-bond acceptors (Lipinski definition) is 2. The second kappa shape index (κ2) is 4.80. The van der Waals surface area contributed by atoms with Crippen LogP contribution in [-0.2, 0) is 10.4 Å². The average molecular weight is 282 g/mol. The molecule has 19 heavy (non-hydrogen) atoms. The second-order valence-electron chi connectivity index (χ2n) is 5.73. The molecule has 2 rings (SSSR count). The van der Waals surface area contributed by atoms with Gasteiger partial charge in [-0.05, 0) is 38.5 Å². The maximum atomic E-state index is 12.2. The van der Waals surface area contributed by atoms with Gasteiger partial charge >= 0.3 is 0 Å². The lowest BCUT2D eigenvalue weighted by molar-refractivity contribution is -0.146. The van der Waals surface area contributed by atoms with E-state index in [-0.39, 0.29) is 5.91 Å². The first-order valence-corrected chi connectivity index (χ1v) is 7.04. The number of hydrogen-bond donors (Lipinski definition) is 2. The lowest BCUT2D eigenvalue weighted by atomic mass is 9.65.